The van der Waals surface area contributed by atoms with E-state index in [9.17, 15) is 19.5 Å². The van der Waals surface area contributed by atoms with Gasteiger partial charge in [-0.3, -0.25) is 14.4 Å². The van der Waals surface area contributed by atoms with Gasteiger partial charge in [0.05, 0.1) is 12.3 Å². The zero-order valence-electron chi connectivity index (χ0n) is 20.1. The fraction of sp³-hybridized carbons (Fsp3) is 0.464. The van der Waals surface area contributed by atoms with Crippen LogP contribution in [0.25, 0.3) is 0 Å². The second-order valence-electron chi connectivity index (χ2n) is 9.90. The minimum absolute atomic E-state index is 0.0619. The summed E-state index contributed by atoms with van der Waals surface area (Å²) in [5, 5.41) is 12.2. The Balaban J connectivity index is 1.28. The topological polar surface area (TPSA) is 113 Å². The Kier molecular flexibility index (Phi) is 8.18. The number of aliphatic carboxylic acids is 1. The lowest BCUT2D eigenvalue weighted by Crippen LogP contribution is -2.37. The monoisotopic (exact) mass is 477 g/mol. The van der Waals surface area contributed by atoms with Crippen LogP contribution >= 0.6 is 0 Å². The number of carbonyl (C=O) groups excluding carboxylic acids is 2. The standard InChI is InChI=1S/C28H35N3O4/c29-24-15-22(16-24)20-8-10-21(11-9-20)27(34)30-13-12-25-17-23(18-26(32)33)28(35)31(25)14-4-7-19-5-2-1-3-6-19/h1-3,5-6,8-11,22-25H,4,7,12-18,29H2,(H,30,34)(H,32,33)/t22?,23-,24?,25+/m0/s1. The van der Waals surface area contributed by atoms with E-state index in [4.69, 9.17) is 5.73 Å². The Labute approximate surface area is 206 Å². The number of nitrogens with one attached hydrogen (secondary N) is 1. The van der Waals surface area contributed by atoms with Crippen molar-refractivity contribution < 1.29 is 19.5 Å². The molecule has 4 rings (SSSR count). The SMILES string of the molecule is NC1CC(c2ccc(C(=O)NCC[C@@H]3C[C@@H](CC(=O)O)C(=O)N3CCCc3ccccc3)cc2)C1. The second kappa shape index (κ2) is 11.5. The van der Waals surface area contributed by atoms with E-state index in [0.29, 0.717) is 43.5 Å². The molecule has 1 aliphatic carbocycles. The predicted molar refractivity (Wildman–Crippen MR) is 134 cm³/mol. The number of aryl methyl sites for hydroxylation is 1. The third-order valence-corrected chi connectivity index (χ3v) is 7.34. The highest BCUT2D eigenvalue weighted by Crippen LogP contribution is 2.35. The molecular weight excluding hydrogens is 442 g/mol. The lowest BCUT2D eigenvalue weighted by atomic mass is 9.76. The van der Waals surface area contributed by atoms with Crippen molar-refractivity contribution in [3.8, 4) is 0 Å². The summed E-state index contributed by atoms with van der Waals surface area (Å²) in [4.78, 5) is 38.6. The molecule has 0 radical (unpaired) electrons. The number of carbonyl (C=O) groups is 3. The largest absolute Gasteiger partial charge is 0.481 e. The number of hydrogen-bond acceptors (Lipinski definition) is 4. The first-order valence-electron chi connectivity index (χ1n) is 12.6. The Morgan fingerprint density at radius 3 is 2.40 bits per heavy atom. The number of nitrogens with two attached hydrogens (primary N) is 1. The van der Waals surface area contributed by atoms with Crippen LogP contribution in [0.3, 0.4) is 0 Å². The summed E-state index contributed by atoms with van der Waals surface area (Å²) >= 11 is 0. The number of amides is 2. The van der Waals surface area contributed by atoms with Crippen LogP contribution < -0.4 is 11.1 Å². The van der Waals surface area contributed by atoms with E-state index in [1.807, 2.05) is 47.4 Å². The fourth-order valence-electron chi connectivity index (χ4n) is 5.31. The first-order valence-corrected chi connectivity index (χ1v) is 12.6. The molecular formula is C28H35N3O4. The molecule has 2 fully saturated rings. The summed E-state index contributed by atoms with van der Waals surface area (Å²) in [6.45, 7) is 1.03. The molecule has 0 aromatic heterocycles. The minimum Gasteiger partial charge on any atom is -0.481 e. The van der Waals surface area contributed by atoms with Crippen LogP contribution in [-0.2, 0) is 16.0 Å². The van der Waals surface area contributed by atoms with Crippen LogP contribution in [0.5, 0.6) is 0 Å². The van der Waals surface area contributed by atoms with Gasteiger partial charge in [0.25, 0.3) is 5.91 Å². The first-order chi connectivity index (χ1) is 16.9. The van der Waals surface area contributed by atoms with E-state index in [1.54, 1.807) is 0 Å². The smallest absolute Gasteiger partial charge is 0.304 e. The maximum absolute atomic E-state index is 12.9. The number of carboxylic acid groups (broad SMARTS) is 1. The van der Waals surface area contributed by atoms with Crippen molar-refractivity contribution >= 4 is 17.8 Å². The number of hydrogen-bond donors (Lipinski definition) is 3. The van der Waals surface area contributed by atoms with Crippen LogP contribution in [0.1, 0.15) is 65.9 Å². The number of rotatable bonds is 11. The van der Waals surface area contributed by atoms with Gasteiger partial charge in [-0.25, -0.2) is 0 Å². The number of likely N-dealkylation sites (tertiary alicyclic amines) is 1. The molecule has 1 aliphatic heterocycles. The summed E-state index contributed by atoms with van der Waals surface area (Å²) in [5.74, 6) is -1.16. The zero-order valence-corrected chi connectivity index (χ0v) is 20.1. The fourth-order valence-corrected chi connectivity index (χ4v) is 5.31. The second-order valence-corrected chi connectivity index (χ2v) is 9.90. The summed E-state index contributed by atoms with van der Waals surface area (Å²) in [6, 6.07) is 18.1. The molecule has 2 aromatic rings. The number of benzene rings is 2. The average molecular weight is 478 g/mol. The third-order valence-electron chi connectivity index (χ3n) is 7.34. The summed E-state index contributed by atoms with van der Waals surface area (Å²) in [5.41, 5.74) is 8.94. The van der Waals surface area contributed by atoms with Crippen molar-refractivity contribution in [2.45, 2.75) is 62.9 Å². The molecule has 2 aliphatic rings. The summed E-state index contributed by atoms with van der Waals surface area (Å²) in [6.07, 6.45) is 4.65. The quantitative estimate of drug-likeness (QED) is 0.460. The molecule has 1 saturated heterocycles. The molecule has 7 nitrogen and oxygen atoms in total. The van der Waals surface area contributed by atoms with E-state index in [1.165, 1.54) is 11.1 Å². The highest BCUT2D eigenvalue weighted by molar-refractivity contribution is 5.94. The molecule has 7 heteroatoms. The van der Waals surface area contributed by atoms with E-state index in [-0.39, 0.29) is 24.3 Å². The Bertz CT molecular complexity index is 1020. The van der Waals surface area contributed by atoms with Crippen molar-refractivity contribution in [2.24, 2.45) is 11.7 Å². The van der Waals surface area contributed by atoms with Crippen LogP contribution in [0.15, 0.2) is 54.6 Å². The van der Waals surface area contributed by atoms with Gasteiger partial charge in [-0.1, -0.05) is 42.5 Å². The minimum atomic E-state index is -0.950. The van der Waals surface area contributed by atoms with Gasteiger partial charge >= 0.3 is 5.97 Å². The van der Waals surface area contributed by atoms with E-state index < -0.39 is 11.9 Å². The molecule has 0 unspecified atom stereocenters. The van der Waals surface area contributed by atoms with Gasteiger partial charge in [-0.2, -0.15) is 0 Å². The van der Waals surface area contributed by atoms with Gasteiger partial charge < -0.3 is 21.1 Å². The molecule has 1 saturated carbocycles. The molecule has 2 aromatic carbocycles. The Morgan fingerprint density at radius 1 is 1.03 bits per heavy atom. The molecule has 186 valence electrons. The Hall–Kier alpha value is -3.19. The molecule has 2 amide bonds. The van der Waals surface area contributed by atoms with Gasteiger partial charge in [0.15, 0.2) is 0 Å². The van der Waals surface area contributed by atoms with Crippen LogP contribution in [0.4, 0.5) is 0 Å². The number of carboxylic acids is 1. The predicted octanol–water partition coefficient (Wildman–Crippen LogP) is 3.34. The molecule has 2 atom stereocenters. The molecule has 35 heavy (non-hydrogen) atoms. The average Bonchev–Trinajstić information content (AvgIpc) is 3.11. The van der Waals surface area contributed by atoms with Crippen molar-refractivity contribution in [2.75, 3.05) is 13.1 Å². The molecule has 0 bridgehead atoms. The summed E-state index contributed by atoms with van der Waals surface area (Å²) in [7, 11) is 0. The summed E-state index contributed by atoms with van der Waals surface area (Å²) < 4.78 is 0. The lowest BCUT2D eigenvalue weighted by Gasteiger charge is -2.32. The Morgan fingerprint density at radius 2 is 1.74 bits per heavy atom. The lowest BCUT2D eigenvalue weighted by molar-refractivity contribution is -0.142. The van der Waals surface area contributed by atoms with Gasteiger partial charge in [0.2, 0.25) is 5.91 Å². The van der Waals surface area contributed by atoms with Crippen molar-refractivity contribution in [3.63, 3.8) is 0 Å². The van der Waals surface area contributed by atoms with Crippen LogP contribution in [-0.4, -0.2) is 53.0 Å². The van der Waals surface area contributed by atoms with E-state index in [0.717, 1.165) is 25.7 Å². The molecule has 0 spiro atoms. The maximum Gasteiger partial charge on any atom is 0.304 e. The van der Waals surface area contributed by atoms with Crippen molar-refractivity contribution in [1.29, 1.82) is 0 Å². The van der Waals surface area contributed by atoms with Crippen molar-refractivity contribution in [3.05, 3.63) is 71.3 Å². The van der Waals surface area contributed by atoms with Gasteiger partial charge in [-0.05, 0) is 67.7 Å². The third kappa shape index (κ3) is 6.48. The van der Waals surface area contributed by atoms with Gasteiger partial charge in [-0.15, -0.1) is 0 Å². The van der Waals surface area contributed by atoms with Gasteiger partial charge in [0.1, 0.15) is 0 Å². The highest BCUT2D eigenvalue weighted by atomic mass is 16.4. The first kappa shape index (κ1) is 24.9. The number of nitrogens with zero attached hydrogens (tertiary/aromatic N) is 1. The zero-order chi connectivity index (χ0) is 24.8. The van der Waals surface area contributed by atoms with Crippen LogP contribution in [0, 0.1) is 5.92 Å². The normalized spacial score (nSPS) is 23.7. The van der Waals surface area contributed by atoms with Crippen LogP contribution in [0.2, 0.25) is 0 Å². The van der Waals surface area contributed by atoms with Gasteiger partial charge in [0, 0.05) is 30.7 Å². The molecule has 1 heterocycles. The van der Waals surface area contributed by atoms with E-state index >= 15 is 0 Å². The van der Waals surface area contributed by atoms with Crippen molar-refractivity contribution in [1.82, 2.24) is 10.2 Å². The highest BCUT2D eigenvalue weighted by Gasteiger charge is 2.39. The maximum atomic E-state index is 12.9. The molecule has 4 N–H and O–H groups in total. The van der Waals surface area contributed by atoms with E-state index in [2.05, 4.69) is 17.4 Å².